The zero-order valence-electron chi connectivity index (χ0n) is 14.2. The Balaban J connectivity index is 1.71. The number of hydrazine groups is 1. The lowest BCUT2D eigenvalue weighted by Gasteiger charge is -2.23. The molecule has 0 aliphatic carbocycles. The van der Waals surface area contributed by atoms with Crippen LogP contribution in [0, 0.1) is 0 Å². The van der Waals surface area contributed by atoms with Crippen LogP contribution in [0.3, 0.4) is 0 Å². The summed E-state index contributed by atoms with van der Waals surface area (Å²) < 4.78 is 1.61. The van der Waals surface area contributed by atoms with Crippen molar-refractivity contribution in [2.45, 2.75) is 33.0 Å². The third-order valence-corrected chi connectivity index (χ3v) is 6.00. The minimum Gasteiger partial charge on any atom is -0.326 e. The number of quaternary nitrogens is 1. The van der Waals surface area contributed by atoms with Crippen LogP contribution in [0.15, 0.2) is 35.1 Å². The highest BCUT2D eigenvalue weighted by atomic mass is 32.1. The third kappa shape index (κ3) is 2.84. The van der Waals surface area contributed by atoms with Crippen LogP contribution in [0.4, 0.5) is 5.95 Å². The highest BCUT2D eigenvalue weighted by Gasteiger charge is 2.27. The van der Waals surface area contributed by atoms with Gasteiger partial charge < -0.3 is 4.90 Å². The molecule has 0 fully saturated rings. The molecule has 4 N–H and O–H groups in total. The lowest BCUT2D eigenvalue weighted by molar-refractivity contribution is -0.929. The molecule has 0 bridgehead atoms. The number of aromatic nitrogens is 2. The molecule has 0 spiro atoms. The molecule has 3 heterocycles. The predicted molar refractivity (Wildman–Crippen MR) is 101 cm³/mol. The van der Waals surface area contributed by atoms with Crippen molar-refractivity contribution in [3.8, 4) is 0 Å². The highest BCUT2D eigenvalue weighted by molar-refractivity contribution is 7.18. The van der Waals surface area contributed by atoms with Crippen LogP contribution in [0.25, 0.3) is 10.2 Å². The second-order valence-electron chi connectivity index (χ2n) is 6.40. The summed E-state index contributed by atoms with van der Waals surface area (Å²) >= 11 is 1.64. The molecule has 0 saturated heterocycles. The molecule has 1 atom stereocenters. The third-order valence-electron chi connectivity index (χ3n) is 4.88. The van der Waals surface area contributed by atoms with Crippen LogP contribution in [-0.4, -0.2) is 16.1 Å². The molecule has 25 heavy (non-hydrogen) atoms. The van der Waals surface area contributed by atoms with Crippen molar-refractivity contribution in [2.75, 3.05) is 12.0 Å². The van der Waals surface area contributed by atoms with Crippen molar-refractivity contribution >= 4 is 27.5 Å². The van der Waals surface area contributed by atoms with E-state index >= 15 is 0 Å². The number of benzene rings is 1. The van der Waals surface area contributed by atoms with Crippen molar-refractivity contribution in [2.24, 2.45) is 5.84 Å². The van der Waals surface area contributed by atoms with Gasteiger partial charge in [-0.3, -0.25) is 14.8 Å². The van der Waals surface area contributed by atoms with Crippen LogP contribution >= 0.6 is 11.3 Å². The van der Waals surface area contributed by atoms with Gasteiger partial charge in [-0.25, -0.2) is 10.8 Å². The maximum absolute atomic E-state index is 12.9. The Bertz CT molecular complexity index is 963. The van der Waals surface area contributed by atoms with E-state index in [1.807, 2.05) is 13.0 Å². The average molecular weight is 356 g/mol. The Morgan fingerprint density at radius 1 is 1.36 bits per heavy atom. The number of nitrogen functional groups attached to an aromatic ring is 1. The van der Waals surface area contributed by atoms with Gasteiger partial charge in [0.1, 0.15) is 17.9 Å². The standard InChI is InChI=1S/C18H21N5OS/c1-2-23-17(24)15-13-8-9-22(10-12-6-4-3-5-7-12)11-14(13)25-16(15)20-18(23)21-19/h3-7H,2,8-11,19H2,1H3,(H,20,21)/p+1. The molecule has 1 aliphatic rings. The van der Waals surface area contributed by atoms with E-state index in [0.29, 0.717) is 12.5 Å². The summed E-state index contributed by atoms with van der Waals surface area (Å²) in [7, 11) is 0. The lowest BCUT2D eigenvalue weighted by Crippen LogP contribution is -3.10. The lowest BCUT2D eigenvalue weighted by atomic mass is 10.0. The van der Waals surface area contributed by atoms with Crippen molar-refractivity contribution < 1.29 is 4.90 Å². The van der Waals surface area contributed by atoms with Gasteiger partial charge in [0.2, 0.25) is 5.95 Å². The molecule has 1 aromatic carbocycles. The molecular formula is C18H22N5OS+. The number of hydrogen-bond donors (Lipinski definition) is 3. The van der Waals surface area contributed by atoms with E-state index in [2.05, 4.69) is 34.7 Å². The van der Waals surface area contributed by atoms with Crippen LogP contribution in [-0.2, 0) is 26.1 Å². The molecule has 3 aromatic rings. The Kier molecular flexibility index (Phi) is 4.29. The SMILES string of the molecule is CCn1c(NN)nc2sc3c(c2c1=O)CC[NH+](Cc1ccccc1)C3. The number of thiophene rings is 1. The van der Waals surface area contributed by atoms with E-state index in [-0.39, 0.29) is 5.56 Å². The molecule has 1 unspecified atom stereocenters. The summed E-state index contributed by atoms with van der Waals surface area (Å²) in [5, 5.41) is 0.791. The largest absolute Gasteiger partial charge is 0.326 e. The number of anilines is 1. The van der Waals surface area contributed by atoms with Crippen LogP contribution in [0.1, 0.15) is 22.9 Å². The number of fused-ring (bicyclic) bond motifs is 3. The van der Waals surface area contributed by atoms with Crippen LogP contribution < -0.4 is 21.7 Å². The second kappa shape index (κ2) is 6.59. The first kappa shape index (κ1) is 16.3. The van der Waals surface area contributed by atoms with Gasteiger partial charge in [-0.05, 0) is 12.5 Å². The van der Waals surface area contributed by atoms with Gasteiger partial charge in [0.25, 0.3) is 5.56 Å². The highest BCUT2D eigenvalue weighted by Crippen LogP contribution is 2.30. The fourth-order valence-corrected chi connectivity index (χ4v) is 4.93. The van der Waals surface area contributed by atoms with E-state index in [1.54, 1.807) is 15.9 Å². The summed E-state index contributed by atoms with van der Waals surface area (Å²) in [6, 6.07) is 10.6. The molecule has 6 nitrogen and oxygen atoms in total. The molecular weight excluding hydrogens is 334 g/mol. The summed E-state index contributed by atoms with van der Waals surface area (Å²) in [5.74, 6) is 5.98. The van der Waals surface area contributed by atoms with Crippen molar-refractivity contribution in [3.05, 3.63) is 56.7 Å². The smallest absolute Gasteiger partial charge is 0.263 e. The minimum atomic E-state index is 0.0180. The van der Waals surface area contributed by atoms with E-state index in [1.165, 1.54) is 20.9 Å². The Hall–Kier alpha value is -2.22. The fraction of sp³-hybridized carbons (Fsp3) is 0.333. The van der Waals surface area contributed by atoms with Gasteiger partial charge >= 0.3 is 0 Å². The molecule has 2 aromatic heterocycles. The maximum atomic E-state index is 12.9. The minimum absolute atomic E-state index is 0.0180. The first-order valence-electron chi connectivity index (χ1n) is 8.60. The molecule has 130 valence electrons. The van der Waals surface area contributed by atoms with E-state index in [9.17, 15) is 4.79 Å². The quantitative estimate of drug-likeness (QED) is 0.480. The topological polar surface area (TPSA) is 77.4 Å². The van der Waals surface area contributed by atoms with Crippen molar-refractivity contribution in [3.63, 3.8) is 0 Å². The number of nitrogens with one attached hydrogen (secondary N) is 2. The first-order chi connectivity index (χ1) is 12.2. The van der Waals surface area contributed by atoms with Gasteiger partial charge in [-0.15, -0.1) is 11.3 Å². The van der Waals surface area contributed by atoms with Crippen molar-refractivity contribution in [1.29, 1.82) is 0 Å². The van der Waals surface area contributed by atoms with Crippen molar-refractivity contribution in [1.82, 2.24) is 9.55 Å². The summed E-state index contributed by atoms with van der Waals surface area (Å²) in [6.45, 7) is 5.48. The maximum Gasteiger partial charge on any atom is 0.263 e. The Morgan fingerprint density at radius 3 is 2.88 bits per heavy atom. The van der Waals surface area contributed by atoms with E-state index in [4.69, 9.17) is 5.84 Å². The van der Waals surface area contributed by atoms with Crippen LogP contribution in [0.2, 0.25) is 0 Å². The number of hydrogen-bond acceptors (Lipinski definition) is 5. The number of nitrogens with zero attached hydrogens (tertiary/aromatic N) is 2. The molecule has 1 aliphatic heterocycles. The molecule has 7 heteroatoms. The van der Waals surface area contributed by atoms with Crippen LogP contribution in [0.5, 0.6) is 0 Å². The Labute approximate surface area is 149 Å². The zero-order valence-corrected chi connectivity index (χ0v) is 15.0. The number of rotatable bonds is 4. The summed E-state index contributed by atoms with van der Waals surface area (Å²) in [4.78, 5) is 21.1. The fourth-order valence-electron chi connectivity index (χ4n) is 3.65. The van der Waals surface area contributed by atoms with E-state index in [0.717, 1.165) is 36.3 Å². The van der Waals surface area contributed by atoms with Gasteiger partial charge in [0.05, 0.1) is 16.8 Å². The predicted octanol–water partition coefficient (Wildman–Crippen LogP) is 0.905. The molecule has 4 rings (SSSR count). The Morgan fingerprint density at radius 2 is 2.16 bits per heavy atom. The average Bonchev–Trinajstić information content (AvgIpc) is 3.00. The summed E-state index contributed by atoms with van der Waals surface area (Å²) in [5.41, 5.74) is 5.12. The first-order valence-corrected chi connectivity index (χ1v) is 9.42. The second-order valence-corrected chi connectivity index (χ2v) is 7.49. The monoisotopic (exact) mass is 356 g/mol. The number of nitrogens with two attached hydrogens (primary N) is 1. The summed E-state index contributed by atoms with van der Waals surface area (Å²) in [6.07, 6.45) is 0.924. The van der Waals surface area contributed by atoms with Gasteiger partial charge in [-0.1, -0.05) is 30.3 Å². The zero-order chi connectivity index (χ0) is 17.4. The molecule has 0 saturated carbocycles. The van der Waals surface area contributed by atoms with Gasteiger partial charge in [0, 0.05) is 18.5 Å². The normalized spacial score (nSPS) is 16.8. The molecule has 0 amide bonds. The van der Waals surface area contributed by atoms with Gasteiger partial charge in [-0.2, -0.15) is 0 Å². The molecule has 0 radical (unpaired) electrons. The van der Waals surface area contributed by atoms with Gasteiger partial charge in [0.15, 0.2) is 0 Å². The van der Waals surface area contributed by atoms with E-state index < -0.39 is 0 Å².